The Bertz CT molecular complexity index is 946. The SMILES string of the molecule is CCC1CN(C(=O)N2CCC(C(=O)Nc3cc(C)cc(C)c3)CC2)c2ccccc2O1. The normalized spacial score (nSPS) is 18.9. The number of carbonyl (C=O) groups excluding carboxylic acids is 2. The molecule has 164 valence electrons. The summed E-state index contributed by atoms with van der Waals surface area (Å²) in [6.07, 6.45) is 2.19. The number of ether oxygens (including phenoxy) is 1. The van der Waals surface area contributed by atoms with Gasteiger partial charge in [-0.2, -0.15) is 0 Å². The molecule has 2 aliphatic heterocycles. The Morgan fingerprint density at radius 3 is 2.42 bits per heavy atom. The van der Waals surface area contributed by atoms with E-state index in [1.165, 1.54) is 0 Å². The van der Waals surface area contributed by atoms with Crippen molar-refractivity contribution in [3.8, 4) is 5.75 Å². The molecule has 0 saturated carbocycles. The van der Waals surface area contributed by atoms with E-state index < -0.39 is 0 Å². The summed E-state index contributed by atoms with van der Waals surface area (Å²) in [5.74, 6) is 0.724. The number of rotatable bonds is 3. The van der Waals surface area contributed by atoms with Gasteiger partial charge in [0.05, 0.1) is 12.2 Å². The number of para-hydroxylation sites is 2. The molecule has 2 aliphatic rings. The molecule has 31 heavy (non-hydrogen) atoms. The zero-order valence-electron chi connectivity index (χ0n) is 18.6. The van der Waals surface area contributed by atoms with E-state index in [1.807, 2.05) is 60.0 Å². The maximum Gasteiger partial charge on any atom is 0.324 e. The number of amides is 3. The summed E-state index contributed by atoms with van der Waals surface area (Å²) in [4.78, 5) is 29.8. The average molecular weight is 422 g/mol. The lowest BCUT2D eigenvalue weighted by molar-refractivity contribution is -0.121. The van der Waals surface area contributed by atoms with Crippen LogP contribution in [0.5, 0.6) is 5.75 Å². The maximum absolute atomic E-state index is 13.3. The van der Waals surface area contributed by atoms with Crippen molar-refractivity contribution >= 4 is 23.3 Å². The lowest BCUT2D eigenvalue weighted by atomic mass is 9.95. The van der Waals surface area contributed by atoms with Crippen LogP contribution in [0.15, 0.2) is 42.5 Å². The summed E-state index contributed by atoms with van der Waals surface area (Å²) in [6.45, 7) is 7.85. The molecule has 1 atom stereocenters. The summed E-state index contributed by atoms with van der Waals surface area (Å²) in [6, 6.07) is 13.8. The molecule has 0 spiro atoms. The van der Waals surface area contributed by atoms with Crippen LogP contribution >= 0.6 is 0 Å². The van der Waals surface area contributed by atoms with Crippen molar-refractivity contribution < 1.29 is 14.3 Å². The molecule has 1 fully saturated rings. The first kappa shape index (κ1) is 21.2. The van der Waals surface area contributed by atoms with Gasteiger partial charge in [0.1, 0.15) is 11.9 Å². The lowest BCUT2D eigenvalue weighted by Crippen LogP contribution is -2.52. The van der Waals surface area contributed by atoms with Gasteiger partial charge >= 0.3 is 6.03 Å². The van der Waals surface area contributed by atoms with Crippen molar-refractivity contribution in [1.29, 1.82) is 0 Å². The molecule has 2 aromatic rings. The van der Waals surface area contributed by atoms with Crippen molar-refractivity contribution in [2.45, 2.75) is 46.1 Å². The second-order valence-electron chi connectivity index (χ2n) is 8.64. The van der Waals surface area contributed by atoms with Gasteiger partial charge in [-0.05, 0) is 68.5 Å². The summed E-state index contributed by atoms with van der Waals surface area (Å²) in [5, 5.41) is 3.06. The number of piperidine rings is 1. The lowest BCUT2D eigenvalue weighted by Gasteiger charge is -2.39. The Morgan fingerprint density at radius 2 is 1.74 bits per heavy atom. The van der Waals surface area contributed by atoms with Crippen LogP contribution in [0.3, 0.4) is 0 Å². The van der Waals surface area contributed by atoms with Crippen LogP contribution in [0, 0.1) is 19.8 Å². The van der Waals surface area contributed by atoms with E-state index in [0.29, 0.717) is 32.5 Å². The van der Waals surface area contributed by atoms with Gasteiger partial charge in [0.2, 0.25) is 5.91 Å². The molecule has 6 nitrogen and oxygen atoms in total. The van der Waals surface area contributed by atoms with Crippen LogP contribution in [-0.2, 0) is 4.79 Å². The molecule has 2 aromatic carbocycles. The number of hydrogen-bond donors (Lipinski definition) is 1. The molecular formula is C25H31N3O3. The van der Waals surface area contributed by atoms with Gasteiger partial charge in [0.15, 0.2) is 0 Å². The molecule has 1 N–H and O–H groups in total. The van der Waals surface area contributed by atoms with E-state index in [2.05, 4.69) is 18.3 Å². The maximum atomic E-state index is 13.3. The third kappa shape index (κ3) is 4.68. The molecule has 1 saturated heterocycles. The van der Waals surface area contributed by atoms with Crippen LogP contribution in [0.25, 0.3) is 0 Å². The number of hydrogen-bond acceptors (Lipinski definition) is 3. The molecular weight excluding hydrogens is 390 g/mol. The topological polar surface area (TPSA) is 61.9 Å². The number of anilines is 2. The first-order valence-corrected chi connectivity index (χ1v) is 11.2. The fourth-order valence-corrected chi connectivity index (χ4v) is 4.49. The predicted octanol–water partition coefficient (Wildman–Crippen LogP) is 4.75. The Labute approximate surface area is 184 Å². The number of nitrogens with zero attached hydrogens (tertiary/aromatic N) is 2. The van der Waals surface area contributed by atoms with Gasteiger partial charge in [-0.3, -0.25) is 9.69 Å². The first-order valence-electron chi connectivity index (χ1n) is 11.2. The van der Waals surface area contributed by atoms with E-state index in [4.69, 9.17) is 4.74 Å². The van der Waals surface area contributed by atoms with Crippen molar-refractivity contribution in [3.05, 3.63) is 53.6 Å². The zero-order valence-corrected chi connectivity index (χ0v) is 18.6. The minimum absolute atomic E-state index is 0.0000438. The highest BCUT2D eigenvalue weighted by molar-refractivity contribution is 5.95. The Kier molecular flexibility index (Phi) is 6.16. The van der Waals surface area contributed by atoms with Gasteiger partial charge in [0.25, 0.3) is 0 Å². The Hall–Kier alpha value is -3.02. The Balaban J connectivity index is 1.38. The van der Waals surface area contributed by atoms with Gasteiger partial charge < -0.3 is 15.0 Å². The zero-order chi connectivity index (χ0) is 22.0. The largest absolute Gasteiger partial charge is 0.486 e. The van der Waals surface area contributed by atoms with Gasteiger partial charge in [-0.25, -0.2) is 4.79 Å². The molecule has 0 aromatic heterocycles. The van der Waals surface area contributed by atoms with Crippen LogP contribution in [0.4, 0.5) is 16.2 Å². The molecule has 1 unspecified atom stereocenters. The summed E-state index contributed by atoms with van der Waals surface area (Å²) >= 11 is 0. The second kappa shape index (κ2) is 9.00. The fraction of sp³-hybridized carbons (Fsp3) is 0.440. The molecule has 2 heterocycles. The molecule has 4 rings (SSSR count). The van der Waals surface area contributed by atoms with Crippen LogP contribution in [0.1, 0.15) is 37.3 Å². The third-order valence-electron chi connectivity index (χ3n) is 6.15. The molecule has 6 heteroatoms. The molecule has 0 bridgehead atoms. The van der Waals surface area contributed by atoms with Crippen LogP contribution in [-0.4, -0.2) is 42.6 Å². The van der Waals surface area contributed by atoms with Crippen molar-refractivity contribution in [3.63, 3.8) is 0 Å². The van der Waals surface area contributed by atoms with Gasteiger partial charge in [-0.15, -0.1) is 0 Å². The monoisotopic (exact) mass is 421 g/mol. The highest BCUT2D eigenvalue weighted by Crippen LogP contribution is 2.35. The van der Waals surface area contributed by atoms with E-state index in [9.17, 15) is 9.59 Å². The molecule has 0 aliphatic carbocycles. The number of aryl methyl sites for hydroxylation is 2. The predicted molar refractivity (Wildman–Crippen MR) is 123 cm³/mol. The second-order valence-corrected chi connectivity index (χ2v) is 8.64. The summed E-state index contributed by atoms with van der Waals surface area (Å²) in [7, 11) is 0. The average Bonchev–Trinajstić information content (AvgIpc) is 2.77. The minimum Gasteiger partial charge on any atom is -0.486 e. The van der Waals surface area contributed by atoms with E-state index in [-0.39, 0.29) is 24.0 Å². The third-order valence-corrected chi connectivity index (χ3v) is 6.15. The standard InChI is InChI=1S/C25H31N3O3/c1-4-21-16-28(22-7-5-6-8-23(22)31-21)25(30)27-11-9-19(10-12-27)24(29)26-20-14-17(2)13-18(3)15-20/h5-8,13-15,19,21H,4,9-12,16H2,1-3H3,(H,26,29). The Morgan fingerprint density at radius 1 is 1.06 bits per heavy atom. The highest BCUT2D eigenvalue weighted by atomic mass is 16.5. The quantitative estimate of drug-likeness (QED) is 0.778. The van der Waals surface area contributed by atoms with Crippen LogP contribution in [0.2, 0.25) is 0 Å². The number of fused-ring (bicyclic) bond motifs is 1. The number of benzene rings is 2. The smallest absolute Gasteiger partial charge is 0.324 e. The molecule has 0 radical (unpaired) electrons. The van der Waals surface area contributed by atoms with E-state index >= 15 is 0 Å². The van der Waals surface area contributed by atoms with E-state index in [0.717, 1.165) is 34.7 Å². The summed E-state index contributed by atoms with van der Waals surface area (Å²) in [5.41, 5.74) is 3.93. The van der Waals surface area contributed by atoms with Gasteiger partial charge in [0, 0.05) is 24.7 Å². The van der Waals surface area contributed by atoms with Crippen molar-refractivity contribution in [2.75, 3.05) is 29.9 Å². The van der Waals surface area contributed by atoms with Crippen molar-refractivity contribution in [1.82, 2.24) is 4.90 Å². The minimum atomic E-state index is -0.0785. The van der Waals surface area contributed by atoms with Gasteiger partial charge in [-0.1, -0.05) is 25.1 Å². The number of likely N-dealkylation sites (tertiary alicyclic amines) is 1. The fourth-order valence-electron chi connectivity index (χ4n) is 4.49. The first-order chi connectivity index (χ1) is 14.9. The van der Waals surface area contributed by atoms with E-state index in [1.54, 1.807) is 0 Å². The number of nitrogens with one attached hydrogen (secondary N) is 1. The highest BCUT2D eigenvalue weighted by Gasteiger charge is 2.34. The van der Waals surface area contributed by atoms with Crippen molar-refractivity contribution in [2.24, 2.45) is 5.92 Å². The number of urea groups is 1. The molecule has 3 amide bonds. The van der Waals surface area contributed by atoms with Crippen LogP contribution < -0.4 is 15.0 Å². The summed E-state index contributed by atoms with van der Waals surface area (Å²) < 4.78 is 6.01. The number of carbonyl (C=O) groups is 2.